The Labute approximate surface area is 87.1 Å². The molecule has 0 radical (unpaired) electrons. The Morgan fingerprint density at radius 3 is 1.25 bits per heavy atom. The largest absolute Gasteiger partial charge is 2.00 e. The molecule has 0 unspecified atom stereocenters. The van der Waals surface area contributed by atoms with Crippen LogP contribution in [0.1, 0.15) is 2.85 Å². The van der Waals surface area contributed by atoms with E-state index in [1.165, 1.54) is 0 Å². The quantitative estimate of drug-likeness (QED) is 0.408. The zero-order valence-electron chi connectivity index (χ0n) is 4.53. The molecule has 0 aliphatic heterocycles. The van der Waals surface area contributed by atoms with Gasteiger partial charge >= 0.3 is 60.8 Å². The molecule has 0 aliphatic carbocycles. The maximum absolute atomic E-state index is 0. The molecule has 4 heavy (non-hydrogen) atoms. The second kappa shape index (κ2) is 17.5. The molecule has 0 amide bonds. The van der Waals surface area contributed by atoms with Gasteiger partial charge in [0.2, 0.25) is 0 Å². The van der Waals surface area contributed by atoms with E-state index in [2.05, 4.69) is 0 Å². The topological polar surface area (TPSA) is 28.5 Å². The molecule has 14 valence electrons. The van der Waals surface area contributed by atoms with Gasteiger partial charge in [-0.1, -0.05) is 0 Å². The summed E-state index contributed by atoms with van der Waals surface area (Å²) >= 11 is 0. The first-order valence-corrected chi connectivity index (χ1v) is 0. The van der Waals surface area contributed by atoms with Crippen molar-refractivity contribution < 1.29 is 27.8 Å². The van der Waals surface area contributed by atoms with Gasteiger partial charge in [-0.3, -0.25) is 0 Å². The third-order valence-corrected chi connectivity index (χ3v) is 0. The second-order valence-corrected chi connectivity index (χ2v) is 0. The summed E-state index contributed by atoms with van der Waals surface area (Å²) in [4.78, 5) is 0. The summed E-state index contributed by atoms with van der Waals surface area (Å²) in [6.45, 7) is 0. The fraction of sp³-hybridized carbons (Fsp3) is 0. The maximum Gasteiger partial charge on any atom is 2.00 e. The number of rotatable bonds is 0. The molecule has 0 saturated carbocycles. The molecule has 0 aromatic carbocycles. The second-order valence-electron chi connectivity index (χ2n) is 0. The van der Waals surface area contributed by atoms with Gasteiger partial charge in [-0.2, -0.15) is 0 Å². The molecule has 0 N–H and O–H groups in total. The molecule has 0 heterocycles. The van der Waals surface area contributed by atoms with Gasteiger partial charge in [-0.05, 0) is 0 Å². The van der Waals surface area contributed by atoms with Crippen LogP contribution in [0.4, 0.5) is 0 Å². The van der Waals surface area contributed by atoms with Crippen molar-refractivity contribution in [2.24, 2.45) is 0 Å². The molecule has 0 bridgehead atoms. The molecule has 0 rings (SSSR count). The van der Waals surface area contributed by atoms with Gasteiger partial charge in [0.1, 0.15) is 0 Å². The van der Waals surface area contributed by atoms with Gasteiger partial charge in [0.25, 0.3) is 0 Å². The van der Waals surface area contributed by atoms with Crippen molar-refractivity contribution >= 4 is 60.8 Å². The van der Waals surface area contributed by atoms with E-state index in [1.54, 1.807) is 0 Å². The first-order valence-electron chi connectivity index (χ1n) is 0. The summed E-state index contributed by atoms with van der Waals surface area (Å²) in [5.74, 6) is 0. The van der Waals surface area contributed by atoms with Crippen LogP contribution in [0.3, 0.4) is 0 Å². The van der Waals surface area contributed by atoms with E-state index >= 15 is 0 Å². The van der Waals surface area contributed by atoms with E-state index in [0.717, 1.165) is 0 Å². The Morgan fingerprint density at radius 1 is 1.25 bits per heavy atom. The van der Waals surface area contributed by atoms with E-state index in [4.69, 9.17) is 0 Å². The van der Waals surface area contributed by atoms with Crippen LogP contribution in [0.2, 0.25) is 0 Å². The molecule has 0 aromatic rings. The molecule has 0 aromatic heterocycles. The smallest absolute Gasteiger partial charge is 2.00 e. The van der Waals surface area contributed by atoms with Gasteiger partial charge in [0.05, 0.1) is 0 Å². The molecule has 0 atom stereocenters. The first kappa shape index (κ1) is 30.5. The standard InChI is InChI=1S/Ca.Mg.O.Zn.2H/q2*+2;-2;;2*-1. The summed E-state index contributed by atoms with van der Waals surface area (Å²) < 4.78 is 0. The van der Waals surface area contributed by atoms with Crippen molar-refractivity contribution in [3.63, 3.8) is 0 Å². The van der Waals surface area contributed by atoms with Crippen molar-refractivity contribution in [3.05, 3.63) is 0 Å². The van der Waals surface area contributed by atoms with Crippen molar-refractivity contribution in [1.29, 1.82) is 0 Å². The Balaban J connectivity index is 0. The van der Waals surface area contributed by atoms with Crippen LogP contribution in [0, 0.1) is 0 Å². The van der Waals surface area contributed by atoms with Crippen molar-refractivity contribution in [2.45, 2.75) is 0 Å². The third kappa shape index (κ3) is 8.82. The predicted molar refractivity (Wildman–Crippen MR) is 14.4 cm³/mol. The van der Waals surface area contributed by atoms with Gasteiger partial charge in [-0.15, -0.1) is 0 Å². The normalized spacial score (nSPS) is 0. The maximum atomic E-state index is 0. The average Bonchev–Trinajstić information content (AvgIpc) is 0. The van der Waals surface area contributed by atoms with Crippen LogP contribution in [-0.4, -0.2) is 60.8 Å². The van der Waals surface area contributed by atoms with Crippen molar-refractivity contribution in [3.8, 4) is 0 Å². The van der Waals surface area contributed by atoms with Crippen LogP contribution in [0.15, 0.2) is 0 Å². The van der Waals surface area contributed by atoms with Gasteiger partial charge in [0.15, 0.2) is 0 Å². The summed E-state index contributed by atoms with van der Waals surface area (Å²) in [5.41, 5.74) is 0. The van der Waals surface area contributed by atoms with E-state index in [1.807, 2.05) is 0 Å². The average molecular weight is 148 g/mol. The molecular formula is H2CaMgOZn. The van der Waals surface area contributed by atoms with Crippen molar-refractivity contribution in [1.82, 2.24) is 0 Å². The fourth-order valence-corrected chi connectivity index (χ4v) is 0. The molecule has 0 fully saturated rings. The molecular weight excluding hydrogens is 146 g/mol. The Bertz CT molecular complexity index is 13.5. The third-order valence-electron chi connectivity index (χ3n) is 0. The van der Waals surface area contributed by atoms with Gasteiger partial charge in [-0.25, -0.2) is 0 Å². The van der Waals surface area contributed by atoms with Crippen LogP contribution >= 0.6 is 0 Å². The first-order chi connectivity index (χ1) is 0. The van der Waals surface area contributed by atoms with Crippen LogP contribution in [0.25, 0.3) is 0 Å². The molecule has 0 saturated heterocycles. The van der Waals surface area contributed by atoms with Gasteiger partial charge in [0, 0.05) is 19.5 Å². The van der Waals surface area contributed by atoms with E-state index in [9.17, 15) is 0 Å². The molecule has 1 nitrogen and oxygen atoms in total. The number of hydrogen-bond donors (Lipinski definition) is 0. The molecule has 0 aliphatic rings. The Morgan fingerprint density at radius 2 is 1.25 bits per heavy atom. The zero-order chi connectivity index (χ0) is 0. The molecule has 0 spiro atoms. The van der Waals surface area contributed by atoms with E-state index in [0.29, 0.717) is 0 Å². The Hall–Kier alpha value is 2.61. The van der Waals surface area contributed by atoms with E-state index in [-0.39, 0.29) is 88.6 Å². The minimum absolute atomic E-state index is 0. The van der Waals surface area contributed by atoms with Crippen molar-refractivity contribution in [2.75, 3.05) is 0 Å². The Kier molecular flexibility index (Phi) is 134. The monoisotopic (exact) mass is 146 g/mol. The summed E-state index contributed by atoms with van der Waals surface area (Å²) in [7, 11) is 0. The minimum atomic E-state index is 0. The van der Waals surface area contributed by atoms with Crippen LogP contribution in [-0.2, 0) is 25.0 Å². The van der Waals surface area contributed by atoms with Crippen LogP contribution < -0.4 is 0 Å². The van der Waals surface area contributed by atoms with Gasteiger partial charge < -0.3 is 8.33 Å². The SMILES string of the molecule is [Ca+2].[H-].[H-].[Mg+2].[O-2].[Zn]. The summed E-state index contributed by atoms with van der Waals surface area (Å²) in [6, 6.07) is 0. The van der Waals surface area contributed by atoms with E-state index < -0.39 is 0 Å². The molecule has 4 heteroatoms. The minimum Gasteiger partial charge on any atom is -2.00 e. The zero-order valence-corrected chi connectivity index (χ0v) is 9.12. The predicted octanol–water partition coefficient (Wildman–Crippen LogP) is -0.658. The fourth-order valence-electron chi connectivity index (χ4n) is 0. The number of hydrogen-bond acceptors (Lipinski definition) is 0. The summed E-state index contributed by atoms with van der Waals surface area (Å²) in [5, 5.41) is 0. The summed E-state index contributed by atoms with van der Waals surface area (Å²) in [6.07, 6.45) is 0. The van der Waals surface area contributed by atoms with Crippen LogP contribution in [0.5, 0.6) is 0 Å².